The van der Waals surface area contributed by atoms with Crippen molar-refractivity contribution in [2.24, 2.45) is 0 Å². The van der Waals surface area contributed by atoms with Gasteiger partial charge in [-0.15, -0.1) is 0 Å². The van der Waals surface area contributed by atoms with Gasteiger partial charge in [-0.2, -0.15) is 0 Å². The first-order valence-corrected chi connectivity index (χ1v) is 14.3. The third-order valence-electron chi connectivity index (χ3n) is 6.99. The van der Waals surface area contributed by atoms with Crippen LogP contribution in [0.5, 0.6) is 0 Å². The van der Waals surface area contributed by atoms with E-state index in [1.165, 1.54) is 52.5 Å². The van der Waals surface area contributed by atoms with Crippen LogP contribution in [0.4, 0.5) is 5.69 Å². The van der Waals surface area contributed by atoms with E-state index in [-0.39, 0.29) is 23.4 Å². The summed E-state index contributed by atoms with van der Waals surface area (Å²) in [7, 11) is -4.00. The molecule has 0 fully saturated rings. The molecule has 0 bridgehead atoms. The van der Waals surface area contributed by atoms with Gasteiger partial charge in [0.05, 0.1) is 16.6 Å². The third kappa shape index (κ3) is 5.76. The van der Waals surface area contributed by atoms with Gasteiger partial charge < -0.3 is 5.32 Å². The fourth-order valence-corrected chi connectivity index (χ4v) is 6.23. The number of carbonyl (C=O) groups is 1. The van der Waals surface area contributed by atoms with E-state index in [9.17, 15) is 13.2 Å². The molecular formula is C29H33ClN2O3S. The molecule has 0 aliphatic heterocycles. The van der Waals surface area contributed by atoms with Gasteiger partial charge in [-0.05, 0) is 110 Å². The first-order valence-electron chi connectivity index (χ1n) is 12.5. The number of hydrogen-bond acceptors (Lipinski definition) is 3. The predicted octanol–water partition coefficient (Wildman–Crippen LogP) is 6.30. The Hall–Kier alpha value is -2.83. The second-order valence-electron chi connectivity index (χ2n) is 9.50. The quantitative estimate of drug-likeness (QED) is 0.376. The molecule has 36 heavy (non-hydrogen) atoms. The monoisotopic (exact) mass is 524 g/mol. The Morgan fingerprint density at radius 3 is 2.31 bits per heavy atom. The highest BCUT2D eigenvalue weighted by molar-refractivity contribution is 7.92. The molecule has 0 unspecified atom stereocenters. The molecule has 4 rings (SSSR count). The number of sulfonamides is 1. The summed E-state index contributed by atoms with van der Waals surface area (Å²) >= 11 is 5.98. The molecule has 3 aromatic carbocycles. The molecule has 0 saturated heterocycles. The molecule has 190 valence electrons. The Morgan fingerprint density at radius 1 is 0.944 bits per heavy atom. The third-order valence-corrected chi connectivity index (χ3v) is 9.03. The maximum absolute atomic E-state index is 13.7. The SMILES string of the molecule is CC[C@H](NC(=O)CN(c1ccc(C)c(C)c1)S(=O)(=O)c1ccc(Cl)cc1)c1ccc2c(c1)CCCC2. The van der Waals surface area contributed by atoms with Gasteiger partial charge in [0, 0.05) is 5.02 Å². The second-order valence-corrected chi connectivity index (χ2v) is 11.8. The summed E-state index contributed by atoms with van der Waals surface area (Å²) < 4.78 is 28.5. The molecule has 0 aromatic heterocycles. The summed E-state index contributed by atoms with van der Waals surface area (Å²) in [5, 5.41) is 3.53. The van der Waals surface area contributed by atoms with Gasteiger partial charge in [0.15, 0.2) is 0 Å². The summed E-state index contributed by atoms with van der Waals surface area (Å²) in [4.78, 5) is 13.4. The highest BCUT2D eigenvalue weighted by atomic mass is 35.5. The van der Waals surface area contributed by atoms with E-state index < -0.39 is 10.0 Å². The van der Waals surface area contributed by atoms with Crippen LogP contribution in [0.15, 0.2) is 65.6 Å². The Labute approximate surface area is 219 Å². The van der Waals surface area contributed by atoms with Crippen molar-refractivity contribution in [3.63, 3.8) is 0 Å². The average molecular weight is 525 g/mol. The van der Waals surface area contributed by atoms with Gasteiger partial charge >= 0.3 is 0 Å². The number of carbonyl (C=O) groups excluding carboxylic acids is 1. The van der Waals surface area contributed by atoms with Crippen LogP contribution in [-0.4, -0.2) is 20.9 Å². The normalized spacial score (nSPS) is 14.1. The number of benzene rings is 3. The number of amides is 1. The van der Waals surface area contributed by atoms with E-state index in [1.54, 1.807) is 12.1 Å². The lowest BCUT2D eigenvalue weighted by atomic mass is 9.89. The molecule has 0 saturated carbocycles. The van der Waals surface area contributed by atoms with Gasteiger partial charge in [0.1, 0.15) is 6.54 Å². The van der Waals surface area contributed by atoms with Crippen LogP contribution in [0.2, 0.25) is 5.02 Å². The van der Waals surface area contributed by atoms with Crippen LogP contribution >= 0.6 is 11.6 Å². The van der Waals surface area contributed by atoms with E-state index >= 15 is 0 Å². The number of fused-ring (bicyclic) bond motifs is 1. The van der Waals surface area contributed by atoms with Crippen molar-refractivity contribution in [3.05, 3.63) is 93.5 Å². The Bertz CT molecular complexity index is 1350. The fraction of sp³-hybridized carbons (Fsp3) is 0.345. The molecule has 1 aliphatic carbocycles. The summed E-state index contributed by atoms with van der Waals surface area (Å²) in [5.74, 6) is -0.352. The predicted molar refractivity (Wildman–Crippen MR) is 146 cm³/mol. The van der Waals surface area contributed by atoms with Crippen LogP contribution < -0.4 is 9.62 Å². The van der Waals surface area contributed by atoms with E-state index in [0.717, 1.165) is 29.5 Å². The summed E-state index contributed by atoms with van der Waals surface area (Å²) in [6.45, 7) is 5.59. The van der Waals surface area contributed by atoms with Crippen LogP contribution in [-0.2, 0) is 27.7 Å². The van der Waals surface area contributed by atoms with E-state index in [0.29, 0.717) is 17.1 Å². The standard InChI is InChI=1S/C29H33ClN2O3S/c1-4-28(24-11-10-22-7-5-6-8-23(22)18-24)31-29(33)19-32(26-14-9-20(2)21(3)17-26)36(34,35)27-15-12-25(30)13-16-27/h9-18,28H,4-8,19H2,1-3H3,(H,31,33)/t28-/m0/s1. The van der Waals surface area contributed by atoms with Crippen LogP contribution in [0.3, 0.4) is 0 Å². The first-order chi connectivity index (χ1) is 17.2. The van der Waals surface area contributed by atoms with Crippen molar-refractivity contribution >= 4 is 33.2 Å². The minimum absolute atomic E-state index is 0.0830. The topological polar surface area (TPSA) is 66.5 Å². The molecule has 0 radical (unpaired) electrons. The maximum atomic E-state index is 13.7. The minimum atomic E-state index is -4.00. The zero-order valence-electron chi connectivity index (χ0n) is 21.1. The number of halogens is 1. The van der Waals surface area contributed by atoms with Crippen molar-refractivity contribution < 1.29 is 13.2 Å². The van der Waals surface area contributed by atoms with Crippen molar-refractivity contribution in [1.29, 1.82) is 0 Å². The number of nitrogens with zero attached hydrogens (tertiary/aromatic N) is 1. The molecule has 5 nitrogen and oxygen atoms in total. The van der Waals surface area contributed by atoms with E-state index in [1.807, 2.05) is 26.8 Å². The number of anilines is 1. The van der Waals surface area contributed by atoms with Gasteiger partial charge in [0.25, 0.3) is 10.0 Å². The molecule has 0 heterocycles. The molecular weight excluding hydrogens is 492 g/mol. The van der Waals surface area contributed by atoms with Crippen LogP contribution in [0, 0.1) is 13.8 Å². The lowest BCUT2D eigenvalue weighted by molar-refractivity contribution is -0.120. The average Bonchev–Trinajstić information content (AvgIpc) is 2.87. The molecule has 7 heteroatoms. The minimum Gasteiger partial charge on any atom is -0.348 e. The molecule has 1 aliphatic rings. The fourth-order valence-electron chi connectivity index (χ4n) is 4.69. The van der Waals surface area contributed by atoms with Gasteiger partial charge in [-0.3, -0.25) is 9.10 Å². The lowest BCUT2D eigenvalue weighted by Crippen LogP contribution is -2.42. The number of nitrogens with one attached hydrogen (secondary N) is 1. The van der Waals surface area contributed by atoms with Crippen LogP contribution in [0.25, 0.3) is 0 Å². The van der Waals surface area contributed by atoms with Gasteiger partial charge in [0.2, 0.25) is 5.91 Å². The number of rotatable bonds is 8. The highest BCUT2D eigenvalue weighted by Crippen LogP contribution is 2.28. The highest BCUT2D eigenvalue weighted by Gasteiger charge is 2.28. The Kier molecular flexibility index (Phi) is 8.06. The smallest absolute Gasteiger partial charge is 0.264 e. The Balaban J connectivity index is 1.62. The molecule has 1 atom stereocenters. The molecule has 0 spiro atoms. The van der Waals surface area contributed by atoms with Crippen molar-refractivity contribution in [2.45, 2.75) is 63.8 Å². The van der Waals surface area contributed by atoms with E-state index in [2.05, 4.69) is 23.5 Å². The maximum Gasteiger partial charge on any atom is 0.264 e. The second kappa shape index (κ2) is 11.1. The van der Waals surface area contributed by atoms with Gasteiger partial charge in [-0.1, -0.05) is 42.8 Å². The Morgan fingerprint density at radius 2 is 1.64 bits per heavy atom. The zero-order valence-corrected chi connectivity index (χ0v) is 22.6. The number of hydrogen-bond donors (Lipinski definition) is 1. The molecule has 3 aromatic rings. The van der Waals surface area contributed by atoms with Crippen molar-refractivity contribution in [1.82, 2.24) is 5.32 Å². The van der Waals surface area contributed by atoms with Crippen LogP contribution in [0.1, 0.15) is 60.0 Å². The van der Waals surface area contributed by atoms with Crippen molar-refractivity contribution in [2.75, 3.05) is 10.8 Å². The van der Waals surface area contributed by atoms with Crippen molar-refractivity contribution in [3.8, 4) is 0 Å². The zero-order chi connectivity index (χ0) is 25.9. The molecule has 1 amide bonds. The summed E-state index contributed by atoms with van der Waals surface area (Å²) in [6.07, 6.45) is 5.28. The first kappa shape index (κ1) is 26.2. The molecule has 1 N–H and O–H groups in total. The largest absolute Gasteiger partial charge is 0.348 e. The van der Waals surface area contributed by atoms with Gasteiger partial charge in [-0.25, -0.2) is 8.42 Å². The lowest BCUT2D eigenvalue weighted by Gasteiger charge is -2.27. The number of aryl methyl sites for hydroxylation is 4. The van der Waals surface area contributed by atoms with E-state index in [4.69, 9.17) is 11.6 Å². The summed E-state index contributed by atoms with van der Waals surface area (Å²) in [5.41, 5.74) is 6.25. The summed E-state index contributed by atoms with van der Waals surface area (Å²) in [6, 6.07) is 17.7.